The molecule has 1 unspecified atom stereocenters. The zero-order chi connectivity index (χ0) is 15.2. The number of nitrogens with one attached hydrogen (secondary N) is 2. The number of para-hydroxylation sites is 1. The van der Waals surface area contributed by atoms with Gasteiger partial charge in [-0.2, -0.15) is 0 Å². The van der Waals surface area contributed by atoms with Gasteiger partial charge in [0.05, 0.1) is 0 Å². The van der Waals surface area contributed by atoms with Crippen molar-refractivity contribution in [2.45, 2.75) is 25.3 Å². The zero-order valence-electron chi connectivity index (χ0n) is 12.0. The van der Waals surface area contributed by atoms with Crippen molar-refractivity contribution in [3.8, 4) is 0 Å². The van der Waals surface area contributed by atoms with Gasteiger partial charge in [-0.15, -0.1) is 0 Å². The van der Waals surface area contributed by atoms with Crippen LogP contribution < -0.4 is 15.5 Å². The molecule has 1 aliphatic rings. The van der Waals surface area contributed by atoms with E-state index in [9.17, 15) is 14.4 Å². The first-order chi connectivity index (χ1) is 10.1. The molecule has 0 spiro atoms. The second kappa shape index (κ2) is 6.88. The molecule has 1 aromatic carbocycles. The van der Waals surface area contributed by atoms with Crippen molar-refractivity contribution in [1.82, 2.24) is 10.6 Å². The van der Waals surface area contributed by atoms with E-state index < -0.39 is 11.9 Å². The first-order valence-corrected chi connectivity index (χ1v) is 6.98. The van der Waals surface area contributed by atoms with E-state index in [4.69, 9.17) is 0 Å². The second-order valence-electron chi connectivity index (χ2n) is 4.94. The summed E-state index contributed by atoms with van der Waals surface area (Å²) < 4.78 is 0. The lowest BCUT2D eigenvalue weighted by molar-refractivity contribution is -0.132. The molecule has 1 atom stereocenters. The molecule has 1 saturated heterocycles. The van der Waals surface area contributed by atoms with Crippen LogP contribution in [-0.2, 0) is 14.4 Å². The lowest BCUT2D eigenvalue weighted by Gasteiger charge is -2.32. The standard InChI is InChI=1S/C15H19N3O3/c1-16-13(19)10-14(20)17-12-8-5-9-18(15(12)21)11-6-3-2-4-7-11/h2-4,6-7,12H,5,8-10H2,1H3,(H,16,19)(H,17,20). The topological polar surface area (TPSA) is 78.5 Å². The maximum atomic E-state index is 12.4. The SMILES string of the molecule is CNC(=O)CC(=O)NC1CCCN(c2ccccc2)C1=O. The quantitative estimate of drug-likeness (QED) is 0.789. The predicted molar refractivity (Wildman–Crippen MR) is 78.6 cm³/mol. The summed E-state index contributed by atoms with van der Waals surface area (Å²) in [6.07, 6.45) is 1.15. The molecule has 0 aromatic heterocycles. The highest BCUT2D eigenvalue weighted by atomic mass is 16.2. The van der Waals surface area contributed by atoms with Crippen LogP contribution in [0.4, 0.5) is 5.69 Å². The minimum absolute atomic E-state index is 0.127. The van der Waals surface area contributed by atoms with E-state index in [1.807, 2.05) is 30.3 Å². The molecule has 112 valence electrons. The molecule has 0 saturated carbocycles. The Morgan fingerprint density at radius 3 is 2.62 bits per heavy atom. The van der Waals surface area contributed by atoms with E-state index in [2.05, 4.69) is 10.6 Å². The van der Waals surface area contributed by atoms with Gasteiger partial charge in [-0.25, -0.2) is 0 Å². The Labute approximate surface area is 123 Å². The summed E-state index contributed by atoms with van der Waals surface area (Å²) in [6, 6.07) is 8.81. The number of carbonyl (C=O) groups is 3. The van der Waals surface area contributed by atoms with Crippen LogP contribution in [0, 0.1) is 0 Å². The molecule has 2 rings (SSSR count). The Hall–Kier alpha value is -2.37. The molecule has 2 N–H and O–H groups in total. The van der Waals surface area contributed by atoms with Crippen molar-refractivity contribution in [3.05, 3.63) is 30.3 Å². The van der Waals surface area contributed by atoms with Gasteiger partial charge in [-0.1, -0.05) is 18.2 Å². The number of carbonyl (C=O) groups excluding carboxylic acids is 3. The van der Waals surface area contributed by atoms with Crippen LogP contribution in [-0.4, -0.2) is 37.4 Å². The monoisotopic (exact) mass is 289 g/mol. The van der Waals surface area contributed by atoms with Crippen LogP contribution in [0.2, 0.25) is 0 Å². The lowest BCUT2D eigenvalue weighted by atomic mass is 10.0. The number of benzene rings is 1. The van der Waals surface area contributed by atoms with E-state index >= 15 is 0 Å². The third kappa shape index (κ3) is 3.81. The Morgan fingerprint density at radius 1 is 1.24 bits per heavy atom. The molecule has 1 fully saturated rings. The minimum atomic E-state index is -0.559. The minimum Gasteiger partial charge on any atom is -0.359 e. The molecule has 6 heteroatoms. The van der Waals surface area contributed by atoms with E-state index in [1.54, 1.807) is 4.90 Å². The summed E-state index contributed by atoms with van der Waals surface area (Å²) in [5.41, 5.74) is 0.827. The van der Waals surface area contributed by atoms with Crippen molar-refractivity contribution in [1.29, 1.82) is 0 Å². The third-order valence-corrected chi connectivity index (χ3v) is 3.44. The highest BCUT2D eigenvalue weighted by Gasteiger charge is 2.30. The van der Waals surface area contributed by atoms with E-state index in [1.165, 1.54) is 7.05 Å². The summed E-state index contributed by atoms with van der Waals surface area (Å²) in [5.74, 6) is -0.920. The summed E-state index contributed by atoms with van der Waals surface area (Å²) in [5, 5.41) is 5.03. The van der Waals surface area contributed by atoms with Gasteiger partial charge >= 0.3 is 0 Å². The molecular formula is C15H19N3O3. The number of nitrogens with zero attached hydrogens (tertiary/aromatic N) is 1. The first kappa shape index (κ1) is 15.0. The molecule has 6 nitrogen and oxygen atoms in total. The number of rotatable bonds is 4. The summed E-state index contributed by atoms with van der Waals surface area (Å²) in [4.78, 5) is 37.0. The molecule has 0 bridgehead atoms. The van der Waals surface area contributed by atoms with Gasteiger partial charge in [0.2, 0.25) is 17.7 Å². The number of amides is 3. The molecule has 3 amide bonds. The third-order valence-electron chi connectivity index (χ3n) is 3.44. The fourth-order valence-electron chi connectivity index (χ4n) is 2.35. The normalized spacial score (nSPS) is 18.2. The van der Waals surface area contributed by atoms with Gasteiger partial charge in [-0.05, 0) is 25.0 Å². The van der Waals surface area contributed by atoms with Gasteiger partial charge in [0, 0.05) is 19.3 Å². The average Bonchev–Trinajstić information content (AvgIpc) is 2.50. The van der Waals surface area contributed by atoms with Gasteiger partial charge in [0.15, 0.2) is 0 Å². The van der Waals surface area contributed by atoms with Gasteiger partial charge in [-0.3, -0.25) is 14.4 Å². The van der Waals surface area contributed by atoms with Crippen LogP contribution in [0.1, 0.15) is 19.3 Å². The van der Waals surface area contributed by atoms with Gasteiger partial charge in [0.1, 0.15) is 12.5 Å². The summed E-state index contributed by atoms with van der Waals surface area (Å²) in [7, 11) is 1.47. The molecule has 0 aliphatic carbocycles. The number of piperidine rings is 1. The molecule has 1 aliphatic heterocycles. The average molecular weight is 289 g/mol. The van der Waals surface area contributed by atoms with E-state index in [0.717, 1.165) is 12.1 Å². The molecular weight excluding hydrogens is 270 g/mol. The highest BCUT2D eigenvalue weighted by molar-refractivity contribution is 6.02. The highest BCUT2D eigenvalue weighted by Crippen LogP contribution is 2.20. The lowest BCUT2D eigenvalue weighted by Crippen LogP contribution is -2.52. The van der Waals surface area contributed by atoms with Crippen molar-refractivity contribution in [2.75, 3.05) is 18.5 Å². The Kier molecular flexibility index (Phi) is 4.92. The molecule has 21 heavy (non-hydrogen) atoms. The molecule has 1 aromatic rings. The molecule has 1 heterocycles. The Morgan fingerprint density at radius 2 is 1.95 bits per heavy atom. The van der Waals surface area contributed by atoms with Gasteiger partial charge in [0.25, 0.3) is 0 Å². The summed E-state index contributed by atoms with van der Waals surface area (Å²) >= 11 is 0. The van der Waals surface area contributed by atoms with Crippen LogP contribution in [0.15, 0.2) is 30.3 Å². The van der Waals surface area contributed by atoms with E-state index in [-0.39, 0.29) is 18.2 Å². The fraction of sp³-hybridized carbons (Fsp3) is 0.400. The maximum Gasteiger partial charge on any atom is 0.249 e. The maximum absolute atomic E-state index is 12.4. The van der Waals surface area contributed by atoms with Crippen LogP contribution in [0.3, 0.4) is 0 Å². The molecule has 0 radical (unpaired) electrons. The van der Waals surface area contributed by atoms with Crippen molar-refractivity contribution in [3.63, 3.8) is 0 Å². The predicted octanol–water partition coefficient (Wildman–Crippen LogP) is 0.434. The Bertz CT molecular complexity index is 530. The Balaban J connectivity index is 2.00. The van der Waals surface area contributed by atoms with Crippen molar-refractivity contribution < 1.29 is 14.4 Å². The van der Waals surface area contributed by atoms with Crippen molar-refractivity contribution in [2.24, 2.45) is 0 Å². The van der Waals surface area contributed by atoms with Gasteiger partial charge < -0.3 is 15.5 Å². The van der Waals surface area contributed by atoms with Crippen LogP contribution in [0.25, 0.3) is 0 Å². The van der Waals surface area contributed by atoms with E-state index in [0.29, 0.717) is 13.0 Å². The number of anilines is 1. The number of hydrogen-bond donors (Lipinski definition) is 2. The number of hydrogen-bond acceptors (Lipinski definition) is 3. The fourth-order valence-corrected chi connectivity index (χ4v) is 2.35. The summed E-state index contributed by atoms with van der Waals surface area (Å²) in [6.45, 7) is 0.644. The van der Waals surface area contributed by atoms with Crippen LogP contribution in [0.5, 0.6) is 0 Å². The van der Waals surface area contributed by atoms with Crippen LogP contribution >= 0.6 is 0 Å². The smallest absolute Gasteiger partial charge is 0.249 e. The van der Waals surface area contributed by atoms with Crippen molar-refractivity contribution >= 4 is 23.4 Å². The second-order valence-corrected chi connectivity index (χ2v) is 4.94. The largest absolute Gasteiger partial charge is 0.359 e. The first-order valence-electron chi connectivity index (χ1n) is 6.98. The zero-order valence-corrected chi connectivity index (χ0v) is 12.0.